The van der Waals surface area contributed by atoms with Crippen molar-refractivity contribution < 1.29 is 0 Å². The molecule has 0 aliphatic rings. The normalized spacial score (nSPS) is 12.0. The lowest BCUT2D eigenvalue weighted by molar-refractivity contribution is 1.28. The summed E-state index contributed by atoms with van der Waals surface area (Å²) in [5, 5.41) is 10.1. The van der Waals surface area contributed by atoms with Crippen LogP contribution in [0.1, 0.15) is 0 Å². The highest BCUT2D eigenvalue weighted by Crippen LogP contribution is 2.47. The van der Waals surface area contributed by atoms with Crippen molar-refractivity contribution >= 4 is 110 Å². The van der Waals surface area contributed by atoms with Crippen molar-refractivity contribution in [3.8, 4) is 22.3 Å². The predicted molar refractivity (Wildman–Crippen MR) is 296 cm³/mol. The second-order valence-corrected chi connectivity index (χ2v) is 18.5. The first kappa shape index (κ1) is 38.7. The highest BCUT2D eigenvalue weighted by Gasteiger charge is 2.24. The van der Waals surface area contributed by atoms with Crippen LogP contribution in [-0.2, 0) is 0 Å². The minimum atomic E-state index is 1.12. The number of para-hydroxylation sites is 4. The van der Waals surface area contributed by atoms with Crippen LogP contribution in [-0.4, -0.2) is 8.80 Å². The smallest absolute Gasteiger partial charge is 0.0620 e. The van der Waals surface area contributed by atoms with E-state index in [4.69, 9.17) is 0 Å². The second-order valence-electron chi connectivity index (χ2n) is 18.5. The highest BCUT2D eigenvalue weighted by atomic mass is 15.1. The van der Waals surface area contributed by atoms with E-state index in [9.17, 15) is 0 Å². The molecule has 15 aromatic rings. The van der Waals surface area contributed by atoms with Crippen LogP contribution >= 0.6 is 0 Å². The summed E-state index contributed by atoms with van der Waals surface area (Å²) in [7, 11) is 0. The molecule has 0 aliphatic carbocycles. The Bertz CT molecular complexity index is 4140. The zero-order valence-electron chi connectivity index (χ0n) is 38.0. The van der Waals surface area contributed by atoms with Crippen LogP contribution in [0.5, 0.6) is 0 Å². The minimum Gasteiger partial charge on any atom is -0.310 e. The molecule has 0 aliphatic heterocycles. The SMILES string of the molecule is c1ccc(-c2ccc(N(c3ccccc3)c3ccc4c(c3)c3cccc5c6cc7c(cc6n4c35)c3cccc4c5cc(N(c6ccccc6)c6ccc(-c8ccccc8)cc6)ccc5n7c43)cc2)cc1. The van der Waals surface area contributed by atoms with Crippen LogP contribution in [0.4, 0.5) is 34.1 Å². The Hall–Kier alpha value is -9.38. The van der Waals surface area contributed by atoms with Gasteiger partial charge in [0.1, 0.15) is 0 Å². The summed E-state index contributed by atoms with van der Waals surface area (Å²) in [6, 6.07) is 93.1. The van der Waals surface area contributed by atoms with Crippen LogP contribution in [0.15, 0.2) is 255 Å². The van der Waals surface area contributed by atoms with Gasteiger partial charge in [-0.3, -0.25) is 0 Å². The Balaban J connectivity index is 0.882. The number of hydrogen-bond donors (Lipinski definition) is 0. The number of nitrogens with zero attached hydrogens (tertiary/aromatic N) is 4. The van der Waals surface area contributed by atoms with Crippen molar-refractivity contribution in [3.63, 3.8) is 0 Å². The maximum atomic E-state index is 2.52. The van der Waals surface area contributed by atoms with Gasteiger partial charge in [0.15, 0.2) is 0 Å². The number of aromatic nitrogens is 2. The molecule has 0 spiro atoms. The van der Waals surface area contributed by atoms with Crippen LogP contribution < -0.4 is 9.80 Å². The third-order valence-electron chi connectivity index (χ3n) is 14.7. The third kappa shape index (κ3) is 5.71. The summed E-state index contributed by atoms with van der Waals surface area (Å²) in [5.41, 5.74) is 19.0. The predicted octanol–water partition coefficient (Wildman–Crippen LogP) is 18.3. The minimum absolute atomic E-state index is 1.12. The van der Waals surface area contributed by atoms with Gasteiger partial charge in [0, 0.05) is 77.2 Å². The van der Waals surface area contributed by atoms with Gasteiger partial charge in [-0.1, -0.05) is 158 Å². The van der Waals surface area contributed by atoms with Crippen molar-refractivity contribution in [2.24, 2.45) is 0 Å². The second kappa shape index (κ2) is 15.1. The van der Waals surface area contributed by atoms with Gasteiger partial charge in [0.25, 0.3) is 0 Å². The van der Waals surface area contributed by atoms with Crippen molar-refractivity contribution in [1.29, 1.82) is 0 Å². The lowest BCUT2D eigenvalue weighted by Crippen LogP contribution is -2.09. The summed E-state index contributed by atoms with van der Waals surface area (Å²) in [5.74, 6) is 0. The van der Waals surface area contributed by atoms with E-state index in [1.54, 1.807) is 0 Å². The molecule has 4 heterocycles. The summed E-state index contributed by atoms with van der Waals surface area (Å²) in [6.45, 7) is 0. The Morgan fingerprint density at radius 2 is 0.500 bits per heavy atom. The summed E-state index contributed by atoms with van der Waals surface area (Å²) < 4.78 is 5.03. The molecule has 70 heavy (non-hydrogen) atoms. The number of benzene rings is 11. The first-order chi connectivity index (χ1) is 34.7. The molecule has 0 saturated heterocycles. The van der Waals surface area contributed by atoms with E-state index in [-0.39, 0.29) is 0 Å². The van der Waals surface area contributed by atoms with Gasteiger partial charge in [0.05, 0.1) is 33.1 Å². The standard InChI is InChI=1S/C66H42N4/c1-5-15-43(16-6-1)45-27-31-49(32-28-45)67(47-19-9-3-10-20-47)51-35-37-61-57(39-51)53-23-13-25-55-59-42-64-60(41-63(59)69(61)65(53)55)56-26-14-24-54-58-40-52(36-38-62(58)70(64)66(54)56)68(48-21-11-4-12-22-48)50-33-29-46(30-34-50)44-17-7-2-8-18-44/h1-42H. The van der Waals surface area contributed by atoms with Gasteiger partial charge >= 0.3 is 0 Å². The molecule has 0 amide bonds. The molecule has 11 aromatic carbocycles. The maximum Gasteiger partial charge on any atom is 0.0620 e. The van der Waals surface area contributed by atoms with E-state index in [0.717, 1.165) is 34.1 Å². The van der Waals surface area contributed by atoms with Gasteiger partial charge < -0.3 is 18.6 Å². The molecule has 0 fully saturated rings. The Kier molecular flexibility index (Phi) is 8.33. The van der Waals surface area contributed by atoms with Crippen molar-refractivity contribution in [3.05, 3.63) is 255 Å². The molecular weight excluding hydrogens is 849 g/mol. The maximum absolute atomic E-state index is 2.52. The number of hydrogen-bond acceptors (Lipinski definition) is 2. The first-order valence-corrected chi connectivity index (χ1v) is 24.1. The van der Waals surface area contributed by atoms with E-state index < -0.39 is 0 Å². The molecule has 4 nitrogen and oxygen atoms in total. The fraction of sp³-hybridized carbons (Fsp3) is 0. The van der Waals surface area contributed by atoms with E-state index in [0.29, 0.717) is 0 Å². The lowest BCUT2D eigenvalue weighted by atomic mass is 10.0. The van der Waals surface area contributed by atoms with Crippen molar-refractivity contribution in [1.82, 2.24) is 8.80 Å². The van der Waals surface area contributed by atoms with E-state index in [1.165, 1.54) is 98.4 Å². The molecule has 15 rings (SSSR count). The third-order valence-corrected chi connectivity index (χ3v) is 14.7. The number of rotatable bonds is 8. The van der Waals surface area contributed by atoms with Gasteiger partial charge in [-0.05, 0) is 119 Å². The zero-order valence-corrected chi connectivity index (χ0v) is 38.0. The summed E-state index contributed by atoms with van der Waals surface area (Å²) in [4.78, 5) is 4.75. The van der Waals surface area contributed by atoms with Gasteiger partial charge in [-0.15, -0.1) is 0 Å². The number of fused-ring (bicyclic) bond motifs is 12. The van der Waals surface area contributed by atoms with Crippen LogP contribution in [0.3, 0.4) is 0 Å². The fourth-order valence-corrected chi connectivity index (χ4v) is 11.6. The molecule has 0 radical (unpaired) electrons. The quantitative estimate of drug-likeness (QED) is 0.151. The van der Waals surface area contributed by atoms with E-state index >= 15 is 0 Å². The summed E-state index contributed by atoms with van der Waals surface area (Å²) in [6.07, 6.45) is 0. The molecule has 0 saturated carbocycles. The van der Waals surface area contributed by atoms with E-state index in [1.807, 2.05) is 0 Å². The van der Waals surface area contributed by atoms with Gasteiger partial charge in [-0.2, -0.15) is 0 Å². The topological polar surface area (TPSA) is 15.3 Å². The van der Waals surface area contributed by atoms with Gasteiger partial charge in [0.2, 0.25) is 0 Å². The van der Waals surface area contributed by atoms with Gasteiger partial charge in [-0.25, -0.2) is 0 Å². The molecule has 326 valence electrons. The summed E-state index contributed by atoms with van der Waals surface area (Å²) >= 11 is 0. The largest absolute Gasteiger partial charge is 0.310 e. The Morgan fingerprint density at radius 3 is 0.871 bits per heavy atom. The monoisotopic (exact) mass is 890 g/mol. The van der Waals surface area contributed by atoms with E-state index in [2.05, 4.69) is 273 Å². The molecule has 0 unspecified atom stereocenters. The van der Waals surface area contributed by atoms with Crippen LogP contribution in [0, 0.1) is 0 Å². The zero-order chi connectivity index (χ0) is 45.9. The Labute approximate surface area is 404 Å². The first-order valence-electron chi connectivity index (χ1n) is 24.1. The molecule has 4 heteroatoms. The average molecular weight is 891 g/mol. The molecule has 4 aromatic heterocycles. The van der Waals surface area contributed by atoms with Crippen LogP contribution in [0.25, 0.3) is 98.4 Å². The molecular formula is C66H42N4. The molecule has 0 N–H and O–H groups in total. The number of anilines is 6. The average Bonchev–Trinajstić information content (AvgIpc) is 4.15. The van der Waals surface area contributed by atoms with Crippen LogP contribution in [0.2, 0.25) is 0 Å². The lowest BCUT2D eigenvalue weighted by Gasteiger charge is -2.26. The highest BCUT2D eigenvalue weighted by molar-refractivity contribution is 6.29. The fourth-order valence-electron chi connectivity index (χ4n) is 11.6. The molecule has 0 bridgehead atoms. The van der Waals surface area contributed by atoms with Crippen molar-refractivity contribution in [2.45, 2.75) is 0 Å². The Morgan fingerprint density at radius 1 is 0.200 bits per heavy atom. The molecule has 0 atom stereocenters. The van der Waals surface area contributed by atoms with Crippen molar-refractivity contribution in [2.75, 3.05) is 9.80 Å².